The van der Waals surface area contributed by atoms with Crippen molar-refractivity contribution in [2.24, 2.45) is 4.99 Å². The Balaban J connectivity index is 0.00000300. The minimum absolute atomic E-state index is 0. The number of thiazole rings is 1. The fraction of sp³-hybridized carbons (Fsp3) is 0.524. The maximum absolute atomic E-state index is 12.3. The molecule has 0 saturated heterocycles. The second-order valence-corrected chi connectivity index (χ2v) is 9.79. The van der Waals surface area contributed by atoms with Crippen LogP contribution in [0.4, 0.5) is 0 Å². The SMILES string of the molecule is CCNC(=NCCS(=O)Cc1ccccc1)N(C)Cc1nc2c(s1)CCCC2.I. The number of fused-ring (bicyclic) bond motifs is 1. The van der Waals surface area contributed by atoms with E-state index in [1.165, 1.54) is 29.8 Å². The van der Waals surface area contributed by atoms with E-state index in [0.29, 0.717) is 18.1 Å². The molecule has 5 nitrogen and oxygen atoms in total. The fourth-order valence-corrected chi connectivity index (χ4v) is 5.52. The molecule has 0 spiro atoms. The molecule has 1 aromatic heterocycles. The first-order chi connectivity index (χ1) is 13.7. The summed E-state index contributed by atoms with van der Waals surface area (Å²) < 4.78 is 12.3. The molecule has 1 unspecified atom stereocenters. The summed E-state index contributed by atoms with van der Waals surface area (Å²) in [5, 5.41) is 4.50. The maximum Gasteiger partial charge on any atom is 0.194 e. The minimum atomic E-state index is -0.902. The smallest absolute Gasteiger partial charge is 0.194 e. The topological polar surface area (TPSA) is 57.6 Å². The van der Waals surface area contributed by atoms with Crippen LogP contribution < -0.4 is 5.32 Å². The Bertz CT molecular complexity index is 787. The van der Waals surface area contributed by atoms with E-state index in [2.05, 4.69) is 22.1 Å². The third-order valence-electron chi connectivity index (χ3n) is 4.71. The predicted octanol–water partition coefficient (Wildman–Crippen LogP) is 3.99. The molecule has 160 valence electrons. The van der Waals surface area contributed by atoms with Gasteiger partial charge < -0.3 is 10.2 Å². The Morgan fingerprint density at radius 3 is 2.76 bits per heavy atom. The number of hydrogen-bond donors (Lipinski definition) is 1. The van der Waals surface area contributed by atoms with E-state index in [4.69, 9.17) is 4.98 Å². The Hall–Kier alpha value is -1.00. The molecule has 2 aromatic rings. The van der Waals surface area contributed by atoms with Crippen LogP contribution in [0.15, 0.2) is 35.3 Å². The van der Waals surface area contributed by atoms with Gasteiger partial charge in [0, 0.05) is 40.8 Å². The number of aliphatic imine (C=N–C) groups is 1. The normalized spacial score (nSPS) is 14.6. The van der Waals surface area contributed by atoms with Crippen molar-refractivity contribution in [3.05, 3.63) is 51.5 Å². The van der Waals surface area contributed by atoms with Crippen molar-refractivity contribution in [2.75, 3.05) is 25.9 Å². The van der Waals surface area contributed by atoms with Crippen molar-refractivity contribution in [1.29, 1.82) is 0 Å². The second-order valence-electron chi connectivity index (χ2n) is 7.05. The average molecular weight is 547 g/mol. The monoisotopic (exact) mass is 546 g/mol. The number of benzene rings is 1. The summed E-state index contributed by atoms with van der Waals surface area (Å²) in [4.78, 5) is 13.1. The van der Waals surface area contributed by atoms with Gasteiger partial charge in [0.1, 0.15) is 5.01 Å². The molecule has 1 atom stereocenters. The van der Waals surface area contributed by atoms with E-state index in [0.717, 1.165) is 36.0 Å². The largest absolute Gasteiger partial charge is 0.357 e. The maximum atomic E-state index is 12.3. The lowest BCUT2D eigenvalue weighted by Crippen LogP contribution is -2.38. The molecule has 1 aliphatic carbocycles. The molecule has 1 N–H and O–H groups in total. The van der Waals surface area contributed by atoms with Gasteiger partial charge in [-0.2, -0.15) is 0 Å². The highest BCUT2D eigenvalue weighted by atomic mass is 127. The summed E-state index contributed by atoms with van der Waals surface area (Å²) in [5.74, 6) is 2.02. The number of aryl methyl sites for hydroxylation is 2. The zero-order chi connectivity index (χ0) is 19.8. The van der Waals surface area contributed by atoms with Gasteiger partial charge in [0.05, 0.1) is 18.8 Å². The lowest BCUT2D eigenvalue weighted by atomic mass is 10.0. The highest BCUT2D eigenvalue weighted by Gasteiger charge is 2.17. The third-order valence-corrected chi connectivity index (χ3v) is 7.15. The van der Waals surface area contributed by atoms with Gasteiger partial charge in [0.15, 0.2) is 5.96 Å². The van der Waals surface area contributed by atoms with E-state index in [-0.39, 0.29) is 24.0 Å². The first-order valence-corrected chi connectivity index (χ1v) is 12.3. The van der Waals surface area contributed by atoms with E-state index >= 15 is 0 Å². The van der Waals surface area contributed by atoms with Crippen LogP contribution in [-0.2, 0) is 35.9 Å². The number of nitrogens with one attached hydrogen (secondary N) is 1. The quantitative estimate of drug-likeness (QED) is 0.309. The van der Waals surface area contributed by atoms with Crippen LogP contribution in [0.25, 0.3) is 0 Å². The molecule has 3 rings (SSSR count). The van der Waals surface area contributed by atoms with Gasteiger partial charge in [-0.15, -0.1) is 35.3 Å². The van der Waals surface area contributed by atoms with E-state index < -0.39 is 10.8 Å². The second kappa shape index (κ2) is 12.6. The van der Waals surface area contributed by atoms with Gasteiger partial charge in [0.2, 0.25) is 0 Å². The summed E-state index contributed by atoms with van der Waals surface area (Å²) in [6.45, 7) is 4.20. The average Bonchev–Trinajstić information content (AvgIpc) is 3.10. The summed E-state index contributed by atoms with van der Waals surface area (Å²) in [6.07, 6.45) is 4.85. The molecule has 0 radical (unpaired) electrons. The van der Waals surface area contributed by atoms with Crippen molar-refractivity contribution in [2.45, 2.75) is 44.9 Å². The third kappa shape index (κ3) is 7.64. The van der Waals surface area contributed by atoms with Gasteiger partial charge in [-0.25, -0.2) is 4.98 Å². The Morgan fingerprint density at radius 2 is 2.03 bits per heavy atom. The molecular formula is C21H31IN4OS2. The number of hydrogen-bond acceptors (Lipinski definition) is 4. The van der Waals surface area contributed by atoms with Crippen LogP contribution in [0.5, 0.6) is 0 Å². The number of guanidine groups is 1. The van der Waals surface area contributed by atoms with Crippen molar-refractivity contribution in [1.82, 2.24) is 15.2 Å². The van der Waals surface area contributed by atoms with Crippen molar-refractivity contribution in [3.8, 4) is 0 Å². The standard InChI is InChI=1S/C21H30N4OS2.HI/c1-3-22-21(23-13-14-28(26)16-17-9-5-4-6-10-17)25(2)15-20-24-18-11-7-8-12-19(18)27-20;/h4-6,9-10H,3,7-8,11-16H2,1-2H3,(H,22,23);1H. The Morgan fingerprint density at radius 1 is 1.28 bits per heavy atom. The van der Waals surface area contributed by atoms with Gasteiger partial charge >= 0.3 is 0 Å². The zero-order valence-electron chi connectivity index (χ0n) is 17.2. The molecule has 29 heavy (non-hydrogen) atoms. The van der Waals surface area contributed by atoms with Crippen molar-refractivity contribution >= 4 is 52.1 Å². The van der Waals surface area contributed by atoms with Gasteiger partial charge in [-0.05, 0) is 38.2 Å². The van der Waals surface area contributed by atoms with Crippen molar-refractivity contribution < 1.29 is 4.21 Å². The first-order valence-electron chi connectivity index (χ1n) is 10.0. The first kappa shape index (κ1) is 24.3. The van der Waals surface area contributed by atoms with Crippen LogP contribution in [0.2, 0.25) is 0 Å². The summed E-state index contributed by atoms with van der Waals surface area (Å²) in [6, 6.07) is 9.99. The van der Waals surface area contributed by atoms with Crippen LogP contribution in [-0.4, -0.2) is 45.9 Å². The summed E-state index contributed by atoms with van der Waals surface area (Å²) in [7, 11) is 1.14. The van der Waals surface area contributed by atoms with E-state index in [1.807, 2.05) is 48.7 Å². The molecule has 1 aliphatic rings. The number of rotatable bonds is 8. The molecule has 0 saturated carbocycles. The van der Waals surface area contributed by atoms with Crippen LogP contribution >= 0.6 is 35.3 Å². The minimum Gasteiger partial charge on any atom is -0.357 e. The molecule has 0 aliphatic heterocycles. The fourth-order valence-electron chi connectivity index (χ4n) is 3.31. The van der Waals surface area contributed by atoms with Gasteiger partial charge in [-0.1, -0.05) is 30.3 Å². The zero-order valence-corrected chi connectivity index (χ0v) is 21.2. The highest BCUT2D eigenvalue weighted by Crippen LogP contribution is 2.27. The van der Waals surface area contributed by atoms with Gasteiger partial charge in [0.25, 0.3) is 0 Å². The number of aromatic nitrogens is 1. The predicted molar refractivity (Wildman–Crippen MR) is 135 cm³/mol. The van der Waals surface area contributed by atoms with Crippen LogP contribution in [0.3, 0.4) is 0 Å². The van der Waals surface area contributed by atoms with Crippen molar-refractivity contribution in [3.63, 3.8) is 0 Å². The molecule has 0 amide bonds. The Kier molecular flexibility index (Phi) is 10.6. The number of nitrogens with zero attached hydrogens (tertiary/aromatic N) is 3. The molecule has 0 fully saturated rings. The lowest BCUT2D eigenvalue weighted by Gasteiger charge is -2.21. The molecule has 1 heterocycles. The summed E-state index contributed by atoms with van der Waals surface area (Å²) in [5.41, 5.74) is 2.42. The number of halogens is 1. The van der Waals surface area contributed by atoms with Crippen LogP contribution in [0, 0.1) is 0 Å². The van der Waals surface area contributed by atoms with E-state index in [1.54, 1.807) is 0 Å². The Labute approximate surface area is 197 Å². The van der Waals surface area contributed by atoms with Gasteiger partial charge in [-0.3, -0.25) is 9.20 Å². The lowest BCUT2D eigenvalue weighted by molar-refractivity contribution is 0.475. The summed E-state index contributed by atoms with van der Waals surface area (Å²) >= 11 is 1.84. The highest BCUT2D eigenvalue weighted by molar-refractivity contribution is 14.0. The molecule has 8 heteroatoms. The van der Waals surface area contributed by atoms with Crippen LogP contribution in [0.1, 0.15) is 40.9 Å². The molecule has 0 bridgehead atoms. The van der Waals surface area contributed by atoms with E-state index in [9.17, 15) is 4.21 Å². The molecule has 1 aromatic carbocycles. The molecular weight excluding hydrogens is 515 g/mol.